The first-order chi connectivity index (χ1) is 11.0. The number of aromatic nitrogens is 3. The van der Waals surface area contributed by atoms with Crippen molar-refractivity contribution in [2.45, 2.75) is 6.04 Å². The van der Waals surface area contributed by atoms with E-state index in [-0.39, 0.29) is 17.6 Å². The molecule has 7 nitrogen and oxygen atoms in total. The Morgan fingerprint density at radius 1 is 1.30 bits per heavy atom. The highest BCUT2D eigenvalue weighted by Gasteiger charge is 2.31. The Hall–Kier alpha value is -2.48. The Morgan fingerprint density at radius 3 is 2.70 bits per heavy atom. The van der Waals surface area contributed by atoms with Gasteiger partial charge in [0.25, 0.3) is 5.91 Å². The first kappa shape index (κ1) is 15.4. The van der Waals surface area contributed by atoms with Gasteiger partial charge in [0.1, 0.15) is 0 Å². The van der Waals surface area contributed by atoms with E-state index >= 15 is 0 Å². The van der Waals surface area contributed by atoms with Crippen molar-refractivity contribution in [3.8, 4) is 0 Å². The van der Waals surface area contributed by atoms with Crippen molar-refractivity contribution in [3.63, 3.8) is 0 Å². The molecule has 1 aliphatic rings. The van der Waals surface area contributed by atoms with Crippen molar-refractivity contribution in [1.29, 1.82) is 0 Å². The van der Waals surface area contributed by atoms with Crippen LogP contribution in [0, 0.1) is 0 Å². The first-order valence-corrected chi connectivity index (χ1v) is 7.77. The second-order valence-corrected chi connectivity index (χ2v) is 6.05. The number of nitrogens with zero attached hydrogens (tertiary/aromatic N) is 4. The van der Waals surface area contributed by atoms with E-state index in [1.165, 1.54) is 6.20 Å². The van der Waals surface area contributed by atoms with Crippen LogP contribution in [0.25, 0.3) is 6.08 Å². The Bertz CT molecular complexity index is 780. The Labute approximate surface area is 140 Å². The van der Waals surface area contributed by atoms with Crippen LogP contribution in [0.5, 0.6) is 0 Å². The molecule has 2 N–H and O–H groups in total. The highest BCUT2D eigenvalue weighted by atomic mass is 79.9. The second-order valence-electron chi connectivity index (χ2n) is 5.20. The summed E-state index contributed by atoms with van der Waals surface area (Å²) in [5, 5.41) is 7.55. The zero-order valence-corrected chi connectivity index (χ0v) is 13.7. The van der Waals surface area contributed by atoms with Gasteiger partial charge in [-0.25, -0.2) is 4.68 Å². The molecule has 0 aliphatic carbocycles. The van der Waals surface area contributed by atoms with Crippen molar-refractivity contribution in [3.05, 3.63) is 52.3 Å². The van der Waals surface area contributed by atoms with E-state index < -0.39 is 5.91 Å². The molecule has 1 saturated heterocycles. The predicted molar refractivity (Wildman–Crippen MR) is 87.3 cm³/mol. The van der Waals surface area contributed by atoms with E-state index in [2.05, 4.69) is 26.2 Å². The van der Waals surface area contributed by atoms with Crippen LogP contribution in [0.2, 0.25) is 0 Å². The smallest absolute Gasteiger partial charge is 0.270 e. The summed E-state index contributed by atoms with van der Waals surface area (Å²) in [5.41, 5.74) is 6.21. The SMILES string of the molecule is NC(=O)c1cn(C2CN(C(=O)C=Cc3ccccc3Br)C2)nn1. The molecule has 0 bridgehead atoms. The van der Waals surface area contributed by atoms with Crippen molar-refractivity contribution >= 4 is 33.8 Å². The Morgan fingerprint density at radius 2 is 2.04 bits per heavy atom. The standard InChI is InChI=1S/C15H14BrN5O2/c16-12-4-2-1-3-10(12)5-6-14(22)20-7-11(8-20)21-9-13(15(17)23)18-19-21/h1-6,9,11H,7-8H2,(H2,17,23). The molecule has 0 unspecified atom stereocenters. The van der Waals surface area contributed by atoms with Crippen LogP contribution >= 0.6 is 15.9 Å². The van der Waals surface area contributed by atoms with E-state index in [9.17, 15) is 9.59 Å². The zero-order valence-electron chi connectivity index (χ0n) is 12.1. The molecule has 3 rings (SSSR count). The minimum atomic E-state index is -0.611. The number of carbonyl (C=O) groups is 2. The van der Waals surface area contributed by atoms with Gasteiger partial charge in [0.2, 0.25) is 5.91 Å². The summed E-state index contributed by atoms with van der Waals surface area (Å²) < 4.78 is 2.51. The lowest BCUT2D eigenvalue weighted by molar-refractivity contribution is -0.131. The monoisotopic (exact) mass is 375 g/mol. The third kappa shape index (κ3) is 3.31. The summed E-state index contributed by atoms with van der Waals surface area (Å²) in [7, 11) is 0. The highest BCUT2D eigenvalue weighted by Crippen LogP contribution is 2.22. The molecule has 118 valence electrons. The number of benzene rings is 1. The molecule has 1 fully saturated rings. The molecule has 1 aliphatic heterocycles. The number of hydrogen-bond acceptors (Lipinski definition) is 4. The van der Waals surface area contributed by atoms with Gasteiger partial charge in [-0.05, 0) is 17.7 Å². The van der Waals surface area contributed by atoms with Gasteiger partial charge in [0.15, 0.2) is 5.69 Å². The fraction of sp³-hybridized carbons (Fsp3) is 0.200. The van der Waals surface area contributed by atoms with Gasteiger partial charge in [-0.15, -0.1) is 5.10 Å². The molecule has 2 heterocycles. The van der Waals surface area contributed by atoms with Gasteiger partial charge >= 0.3 is 0 Å². The zero-order chi connectivity index (χ0) is 16.4. The maximum atomic E-state index is 12.1. The first-order valence-electron chi connectivity index (χ1n) is 6.98. The summed E-state index contributed by atoms with van der Waals surface area (Å²) in [6.45, 7) is 1.06. The topological polar surface area (TPSA) is 94.1 Å². The molecule has 8 heteroatoms. The number of nitrogens with two attached hydrogens (primary N) is 1. The summed E-state index contributed by atoms with van der Waals surface area (Å²) in [4.78, 5) is 24.8. The van der Waals surface area contributed by atoms with E-state index in [1.54, 1.807) is 21.7 Å². The van der Waals surface area contributed by atoms with Crippen LogP contribution in [0.1, 0.15) is 22.1 Å². The molecular formula is C15H14BrN5O2. The molecule has 0 saturated carbocycles. The van der Waals surface area contributed by atoms with E-state index in [0.29, 0.717) is 13.1 Å². The molecule has 23 heavy (non-hydrogen) atoms. The van der Waals surface area contributed by atoms with Gasteiger partial charge in [0, 0.05) is 23.6 Å². The van der Waals surface area contributed by atoms with Gasteiger partial charge in [-0.2, -0.15) is 0 Å². The van der Waals surface area contributed by atoms with Gasteiger partial charge in [-0.1, -0.05) is 39.3 Å². The summed E-state index contributed by atoms with van der Waals surface area (Å²) in [6, 6.07) is 7.70. The molecule has 1 aromatic carbocycles. The summed E-state index contributed by atoms with van der Waals surface area (Å²) >= 11 is 3.44. The summed E-state index contributed by atoms with van der Waals surface area (Å²) in [5.74, 6) is -0.674. The largest absolute Gasteiger partial charge is 0.364 e. The second kappa shape index (κ2) is 6.33. The van der Waals surface area contributed by atoms with Crippen LogP contribution in [0.4, 0.5) is 0 Å². The molecule has 2 amide bonds. The predicted octanol–water partition coefficient (Wildman–Crippen LogP) is 1.24. The minimum Gasteiger partial charge on any atom is -0.364 e. The molecule has 0 spiro atoms. The van der Waals surface area contributed by atoms with Gasteiger partial charge < -0.3 is 10.6 Å². The third-order valence-electron chi connectivity index (χ3n) is 3.62. The van der Waals surface area contributed by atoms with E-state index in [0.717, 1.165) is 10.0 Å². The van der Waals surface area contributed by atoms with Crippen LogP contribution in [-0.2, 0) is 4.79 Å². The van der Waals surface area contributed by atoms with Crippen LogP contribution in [0.15, 0.2) is 41.0 Å². The van der Waals surface area contributed by atoms with E-state index in [4.69, 9.17) is 5.73 Å². The molecule has 0 atom stereocenters. The lowest BCUT2D eigenvalue weighted by atomic mass is 10.1. The number of hydrogen-bond donors (Lipinski definition) is 1. The van der Waals surface area contributed by atoms with Gasteiger partial charge in [-0.3, -0.25) is 9.59 Å². The van der Waals surface area contributed by atoms with Crippen molar-refractivity contribution in [2.75, 3.05) is 13.1 Å². The maximum Gasteiger partial charge on any atom is 0.270 e. The average Bonchev–Trinajstić information content (AvgIpc) is 2.94. The number of amides is 2. The van der Waals surface area contributed by atoms with Crippen molar-refractivity contribution < 1.29 is 9.59 Å². The summed E-state index contributed by atoms with van der Waals surface area (Å²) in [6.07, 6.45) is 4.83. The number of likely N-dealkylation sites (tertiary alicyclic amines) is 1. The molecular weight excluding hydrogens is 362 g/mol. The maximum absolute atomic E-state index is 12.1. The van der Waals surface area contributed by atoms with Crippen LogP contribution < -0.4 is 5.73 Å². The third-order valence-corrected chi connectivity index (χ3v) is 4.34. The quantitative estimate of drug-likeness (QED) is 0.813. The van der Waals surface area contributed by atoms with Crippen molar-refractivity contribution in [2.24, 2.45) is 5.73 Å². The van der Waals surface area contributed by atoms with Gasteiger partial charge in [0.05, 0.1) is 12.2 Å². The number of primary amides is 1. The molecule has 1 aromatic heterocycles. The highest BCUT2D eigenvalue weighted by molar-refractivity contribution is 9.10. The Balaban J connectivity index is 1.57. The minimum absolute atomic E-state index is 0.0245. The number of rotatable bonds is 4. The van der Waals surface area contributed by atoms with Crippen molar-refractivity contribution in [1.82, 2.24) is 19.9 Å². The fourth-order valence-electron chi connectivity index (χ4n) is 2.25. The number of carbonyl (C=O) groups excluding carboxylic acids is 2. The lowest BCUT2D eigenvalue weighted by Crippen LogP contribution is -2.50. The Kier molecular flexibility index (Phi) is 4.24. The van der Waals surface area contributed by atoms with Crippen LogP contribution in [-0.4, -0.2) is 44.8 Å². The van der Waals surface area contributed by atoms with E-state index in [1.807, 2.05) is 24.3 Å². The molecule has 0 radical (unpaired) electrons. The number of halogens is 1. The lowest BCUT2D eigenvalue weighted by Gasteiger charge is -2.38. The average molecular weight is 376 g/mol. The normalized spacial score (nSPS) is 14.9. The molecule has 2 aromatic rings. The van der Waals surface area contributed by atoms with Crippen LogP contribution in [0.3, 0.4) is 0 Å². The fourth-order valence-corrected chi connectivity index (χ4v) is 2.66.